The fourth-order valence-corrected chi connectivity index (χ4v) is 3.64. The molecule has 5 heteroatoms. The fraction of sp³-hybridized carbons (Fsp3) is 0.421. The van der Waals surface area contributed by atoms with Gasteiger partial charge in [0.05, 0.1) is 12.1 Å². The second-order valence-corrected chi connectivity index (χ2v) is 6.85. The van der Waals surface area contributed by atoms with E-state index in [4.69, 9.17) is 4.74 Å². The molecule has 2 aliphatic heterocycles. The molecule has 2 aromatic rings. The molecule has 5 nitrogen and oxygen atoms in total. The van der Waals surface area contributed by atoms with E-state index in [1.807, 2.05) is 24.3 Å². The van der Waals surface area contributed by atoms with E-state index in [-0.39, 0.29) is 11.5 Å². The third kappa shape index (κ3) is 2.80. The number of hydrogen-bond acceptors (Lipinski definition) is 3. The van der Waals surface area contributed by atoms with Crippen molar-refractivity contribution in [2.75, 3.05) is 19.6 Å². The van der Waals surface area contributed by atoms with Gasteiger partial charge in [-0.25, -0.2) is 0 Å². The fourth-order valence-electron chi connectivity index (χ4n) is 3.64. The van der Waals surface area contributed by atoms with Crippen molar-refractivity contribution in [3.05, 3.63) is 53.9 Å². The van der Waals surface area contributed by atoms with E-state index >= 15 is 0 Å². The van der Waals surface area contributed by atoms with Crippen molar-refractivity contribution in [1.82, 2.24) is 14.8 Å². The van der Waals surface area contributed by atoms with Crippen LogP contribution in [0.1, 0.15) is 28.9 Å². The zero-order valence-electron chi connectivity index (χ0n) is 14.0. The third-order valence-electron chi connectivity index (χ3n) is 5.23. The molecule has 126 valence electrons. The van der Waals surface area contributed by atoms with Gasteiger partial charge in [0, 0.05) is 51.4 Å². The Bertz CT molecular complexity index is 745. The topological polar surface area (TPSA) is 46.5 Å². The number of hydrogen-bond donors (Lipinski definition) is 1. The molecule has 0 bridgehead atoms. The van der Waals surface area contributed by atoms with Crippen molar-refractivity contribution in [3.8, 4) is 5.75 Å². The van der Waals surface area contributed by atoms with Gasteiger partial charge in [0.25, 0.3) is 5.91 Å². The summed E-state index contributed by atoms with van der Waals surface area (Å²) in [5.74, 6) is 0.678. The minimum Gasteiger partial charge on any atom is -0.485 e. The smallest absolute Gasteiger partial charge is 0.255 e. The minimum absolute atomic E-state index is 0.0336. The number of ether oxygens (including phenoxy) is 1. The Morgan fingerprint density at radius 3 is 2.71 bits per heavy atom. The zero-order chi connectivity index (χ0) is 16.6. The Morgan fingerprint density at radius 1 is 1.17 bits per heavy atom. The van der Waals surface area contributed by atoms with E-state index in [9.17, 15) is 4.79 Å². The van der Waals surface area contributed by atoms with E-state index in [1.165, 1.54) is 5.69 Å². The maximum atomic E-state index is 12.2. The first-order valence-corrected chi connectivity index (χ1v) is 8.54. The number of aryl methyl sites for hydroxylation is 1. The van der Waals surface area contributed by atoms with E-state index in [0.29, 0.717) is 17.9 Å². The van der Waals surface area contributed by atoms with Crippen LogP contribution >= 0.6 is 0 Å². The van der Waals surface area contributed by atoms with Crippen LogP contribution in [0.15, 0.2) is 42.6 Å². The number of carbonyl (C=O) groups excluding carboxylic acids is 1. The highest BCUT2D eigenvalue weighted by molar-refractivity contribution is 5.97. The highest BCUT2D eigenvalue weighted by Crippen LogP contribution is 2.33. The maximum absolute atomic E-state index is 12.2. The zero-order valence-corrected chi connectivity index (χ0v) is 14.0. The largest absolute Gasteiger partial charge is 0.485 e. The first-order chi connectivity index (χ1) is 11.7. The van der Waals surface area contributed by atoms with Gasteiger partial charge >= 0.3 is 0 Å². The van der Waals surface area contributed by atoms with Crippen LogP contribution < -0.4 is 10.1 Å². The summed E-state index contributed by atoms with van der Waals surface area (Å²) in [6.07, 6.45) is 3.93. The monoisotopic (exact) mass is 325 g/mol. The number of piperidine rings is 1. The molecule has 1 saturated heterocycles. The van der Waals surface area contributed by atoms with Crippen molar-refractivity contribution in [2.45, 2.75) is 25.0 Å². The molecule has 3 heterocycles. The Labute approximate surface area is 142 Å². The number of carbonyl (C=O) groups is 1. The molecule has 1 fully saturated rings. The molecule has 1 spiro atoms. The maximum Gasteiger partial charge on any atom is 0.255 e. The number of aromatic nitrogens is 1. The summed E-state index contributed by atoms with van der Waals surface area (Å²) in [4.78, 5) is 14.7. The predicted octanol–water partition coefficient (Wildman–Crippen LogP) is 2.18. The molecule has 1 amide bonds. The molecule has 4 rings (SSSR count). The van der Waals surface area contributed by atoms with Crippen LogP contribution in [0.4, 0.5) is 0 Å². The highest BCUT2D eigenvalue weighted by atomic mass is 16.5. The summed E-state index contributed by atoms with van der Waals surface area (Å²) in [5, 5.41) is 3.04. The Morgan fingerprint density at radius 2 is 1.96 bits per heavy atom. The minimum atomic E-state index is -0.285. The molecular weight excluding hydrogens is 302 g/mol. The third-order valence-corrected chi connectivity index (χ3v) is 5.23. The van der Waals surface area contributed by atoms with Crippen LogP contribution in [0.3, 0.4) is 0 Å². The summed E-state index contributed by atoms with van der Waals surface area (Å²) in [6, 6.07) is 11.8. The van der Waals surface area contributed by atoms with Gasteiger partial charge in [0.1, 0.15) is 11.4 Å². The lowest BCUT2D eigenvalue weighted by Gasteiger charge is -2.41. The Hall–Kier alpha value is -2.27. The normalized spacial score (nSPS) is 20.1. The van der Waals surface area contributed by atoms with Crippen LogP contribution in [0.2, 0.25) is 0 Å². The molecule has 0 saturated carbocycles. The van der Waals surface area contributed by atoms with Crippen LogP contribution in [0, 0.1) is 0 Å². The Kier molecular flexibility index (Phi) is 3.81. The van der Waals surface area contributed by atoms with Crippen molar-refractivity contribution < 1.29 is 9.53 Å². The molecule has 0 radical (unpaired) electrons. The molecule has 0 unspecified atom stereocenters. The molecule has 0 aliphatic carbocycles. The number of fused-ring (bicyclic) bond motifs is 1. The van der Waals surface area contributed by atoms with E-state index in [1.54, 1.807) is 0 Å². The van der Waals surface area contributed by atoms with Gasteiger partial charge in [-0.1, -0.05) is 12.1 Å². The van der Waals surface area contributed by atoms with Crippen LogP contribution in [-0.4, -0.2) is 40.6 Å². The van der Waals surface area contributed by atoms with Crippen LogP contribution in [0.25, 0.3) is 0 Å². The molecule has 1 N–H and O–H groups in total. The number of benzene rings is 1. The summed E-state index contributed by atoms with van der Waals surface area (Å²) < 4.78 is 8.52. The van der Waals surface area contributed by atoms with Crippen LogP contribution in [-0.2, 0) is 13.6 Å². The number of para-hydroxylation sites is 1. The van der Waals surface area contributed by atoms with Crippen molar-refractivity contribution >= 4 is 5.91 Å². The summed E-state index contributed by atoms with van der Waals surface area (Å²) in [5.41, 5.74) is 1.68. The summed E-state index contributed by atoms with van der Waals surface area (Å²) >= 11 is 0. The van der Waals surface area contributed by atoms with E-state index in [2.05, 4.69) is 40.2 Å². The number of likely N-dealkylation sites (tertiary alicyclic amines) is 1. The lowest BCUT2D eigenvalue weighted by atomic mass is 9.91. The van der Waals surface area contributed by atoms with Gasteiger partial charge in [0.15, 0.2) is 0 Å². The standard InChI is InChI=1S/C19H23N3O2/c1-21-10-4-5-15(21)13-22-11-8-19(9-12-22)14-20-18(23)16-6-2-3-7-17(16)24-19/h2-7,10H,8-9,11-14H2,1H3,(H,20,23). The van der Waals surface area contributed by atoms with Gasteiger partial charge in [-0.15, -0.1) is 0 Å². The second-order valence-electron chi connectivity index (χ2n) is 6.85. The van der Waals surface area contributed by atoms with Crippen molar-refractivity contribution in [1.29, 1.82) is 0 Å². The van der Waals surface area contributed by atoms with Gasteiger partial charge in [-0.2, -0.15) is 0 Å². The summed E-state index contributed by atoms with van der Waals surface area (Å²) in [7, 11) is 2.08. The van der Waals surface area contributed by atoms with Gasteiger partial charge < -0.3 is 14.6 Å². The van der Waals surface area contributed by atoms with Gasteiger partial charge in [-0.3, -0.25) is 9.69 Å². The molecular formula is C19H23N3O2. The van der Waals surface area contributed by atoms with Crippen molar-refractivity contribution in [3.63, 3.8) is 0 Å². The highest BCUT2D eigenvalue weighted by Gasteiger charge is 2.39. The molecule has 24 heavy (non-hydrogen) atoms. The first kappa shape index (κ1) is 15.3. The molecule has 2 aliphatic rings. The molecule has 1 aromatic heterocycles. The average Bonchev–Trinajstić information content (AvgIpc) is 2.94. The predicted molar refractivity (Wildman–Crippen MR) is 92.1 cm³/mol. The lowest BCUT2D eigenvalue weighted by molar-refractivity contribution is 0.00347. The number of rotatable bonds is 2. The van der Waals surface area contributed by atoms with Gasteiger partial charge in [-0.05, 0) is 24.3 Å². The van der Waals surface area contributed by atoms with E-state index < -0.39 is 0 Å². The molecule has 0 atom stereocenters. The number of nitrogens with zero attached hydrogens (tertiary/aromatic N) is 2. The summed E-state index contributed by atoms with van der Waals surface area (Å²) in [6.45, 7) is 3.49. The Balaban J connectivity index is 1.47. The number of amides is 1. The number of nitrogens with one attached hydrogen (secondary N) is 1. The quantitative estimate of drug-likeness (QED) is 0.921. The van der Waals surface area contributed by atoms with Gasteiger partial charge in [0.2, 0.25) is 0 Å². The van der Waals surface area contributed by atoms with Crippen molar-refractivity contribution in [2.24, 2.45) is 7.05 Å². The second kappa shape index (κ2) is 5.98. The van der Waals surface area contributed by atoms with Crippen LogP contribution in [0.5, 0.6) is 5.75 Å². The first-order valence-electron chi connectivity index (χ1n) is 8.54. The lowest BCUT2D eigenvalue weighted by Crippen LogP contribution is -2.53. The molecule has 1 aromatic carbocycles. The SMILES string of the molecule is Cn1cccc1CN1CCC2(CC1)CNC(=O)c1ccccc1O2. The average molecular weight is 325 g/mol. The van der Waals surface area contributed by atoms with E-state index in [0.717, 1.165) is 32.5 Å².